The van der Waals surface area contributed by atoms with Crippen molar-refractivity contribution in [2.24, 2.45) is 0 Å². The predicted molar refractivity (Wildman–Crippen MR) is 95.0 cm³/mol. The highest BCUT2D eigenvalue weighted by Crippen LogP contribution is 2.22. The average Bonchev–Trinajstić information content (AvgIpc) is 3.04. The van der Waals surface area contributed by atoms with Crippen LogP contribution in [0.3, 0.4) is 0 Å². The van der Waals surface area contributed by atoms with Crippen molar-refractivity contribution >= 4 is 34.9 Å². The summed E-state index contributed by atoms with van der Waals surface area (Å²) in [7, 11) is 0. The number of fused-ring (bicyclic) bond motifs is 1. The summed E-state index contributed by atoms with van der Waals surface area (Å²) < 4.78 is 1.26. The number of aryl methyl sites for hydroxylation is 1. The number of carbonyl (C=O) groups is 1. The van der Waals surface area contributed by atoms with Crippen LogP contribution in [0.15, 0.2) is 29.3 Å². The maximum Gasteiger partial charge on any atom is 0.277 e. The number of amides is 1. The van der Waals surface area contributed by atoms with Crippen LogP contribution >= 0.6 is 23.2 Å². The van der Waals surface area contributed by atoms with E-state index in [-0.39, 0.29) is 17.9 Å². The number of aromatic amines is 1. The molecule has 0 aliphatic heterocycles. The molecule has 3 rings (SSSR count). The van der Waals surface area contributed by atoms with Gasteiger partial charge in [0.15, 0.2) is 0 Å². The fraction of sp³-hybridized carbons (Fsp3) is 0.250. The lowest BCUT2D eigenvalue weighted by molar-refractivity contribution is -0.121. The van der Waals surface area contributed by atoms with Crippen molar-refractivity contribution in [3.63, 3.8) is 0 Å². The van der Waals surface area contributed by atoms with Crippen LogP contribution in [-0.4, -0.2) is 25.5 Å². The van der Waals surface area contributed by atoms with Crippen molar-refractivity contribution in [1.29, 1.82) is 0 Å². The lowest BCUT2D eigenvalue weighted by Crippen LogP contribution is -2.26. The molecule has 1 aromatic carbocycles. The molecule has 2 N–H and O–H groups in total. The van der Waals surface area contributed by atoms with Gasteiger partial charge < -0.3 is 5.32 Å². The molecule has 0 bridgehead atoms. The van der Waals surface area contributed by atoms with E-state index in [2.05, 4.69) is 20.4 Å². The number of rotatable bonds is 5. The second-order valence-electron chi connectivity index (χ2n) is 5.53. The summed E-state index contributed by atoms with van der Waals surface area (Å²) in [6.45, 7) is 2.07. The molecule has 9 heteroatoms. The van der Waals surface area contributed by atoms with Crippen LogP contribution in [0.5, 0.6) is 0 Å². The normalized spacial score (nSPS) is 11.0. The Hall–Kier alpha value is -2.38. The fourth-order valence-corrected chi connectivity index (χ4v) is 2.78. The molecule has 3 aromatic rings. The minimum atomic E-state index is -0.239. The number of nitrogens with zero attached hydrogens (tertiary/aromatic N) is 3. The lowest BCUT2D eigenvalue weighted by Gasteiger charge is -2.07. The molecule has 0 fully saturated rings. The van der Waals surface area contributed by atoms with E-state index in [0.717, 1.165) is 5.56 Å². The molecule has 0 aliphatic rings. The van der Waals surface area contributed by atoms with Gasteiger partial charge in [0.05, 0.1) is 15.7 Å². The number of hydrogen-bond donors (Lipinski definition) is 2. The van der Waals surface area contributed by atoms with Gasteiger partial charge in [-0.2, -0.15) is 4.52 Å². The van der Waals surface area contributed by atoms with Gasteiger partial charge in [0, 0.05) is 18.5 Å². The summed E-state index contributed by atoms with van der Waals surface area (Å²) >= 11 is 11.8. The Morgan fingerprint density at radius 2 is 2.12 bits per heavy atom. The third-order valence-corrected chi connectivity index (χ3v) is 4.55. The average molecular weight is 380 g/mol. The van der Waals surface area contributed by atoms with Gasteiger partial charge in [0.1, 0.15) is 6.33 Å². The second-order valence-corrected chi connectivity index (χ2v) is 6.34. The van der Waals surface area contributed by atoms with Crippen LogP contribution < -0.4 is 10.9 Å². The minimum Gasteiger partial charge on any atom is -0.352 e. The Kier molecular flexibility index (Phi) is 5.06. The number of carbonyl (C=O) groups excluding carboxylic acids is 1. The van der Waals surface area contributed by atoms with Crippen molar-refractivity contribution in [3.8, 4) is 0 Å². The molecule has 1 amide bonds. The van der Waals surface area contributed by atoms with Gasteiger partial charge in [0.2, 0.25) is 5.91 Å². The summed E-state index contributed by atoms with van der Waals surface area (Å²) in [5, 5.41) is 6.41. The first-order chi connectivity index (χ1) is 12.0. The number of hydrogen-bond acceptors (Lipinski definition) is 4. The molecule has 130 valence electrons. The SMILES string of the molecule is Cc1nc2nc[nH]n2c(=O)c1CCC(=O)NCc1ccc(Cl)c(Cl)c1. The third kappa shape index (κ3) is 3.83. The first-order valence-electron chi connectivity index (χ1n) is 7.58. The molecule has 0 radical (unpaired) electrons. The van der Waals surface area contributed by atoms with Crippen LogP contribution in [0.25, 0.3) is 5.78 Å². The zero-order chi connectivity index (χ0) is 18.0. The number of nitrogens with one attached hydrogen (secondary N) is 2. The number of H-pyrrole nitrogens is 1. The Labute approximate surface area is 153 Å². The van der Waals surface area contributed by atoms with Crippen molar-refractivity contribution < 1.29 is 4.79 Å². The van der Waals surface area contributed by atoms with Crippen LogP contribution in [0.4, 0.5) is 0 Å². The lowest BCUT2D eigenvalue weighted by atomic mass is 10.1. The van der Waals surface area contributed by atoms with Crippen LogP contribution in [0.2, 0.25) is 10.0 Å². The van der Waals surface area contributed by atoms with E-state index < -0.39 is 0 Å². The maximum atomic E-state index is 12.4. The number of benzene rings is 1. The van der Waals surface area contributed by atoms with E-state index in [1.165, 1.54) is 10.8 Å². The summed E-state index contributed by atoms with van der Waals surface area (Å²) in [6.07, 6.45) is 1.88. The maximum absolute atomic E-state index is 12.4. The van der Waals surface area contributed by atoms with Crippen molar-refractivity contribution in [1.82, 2.24) is 24.9 Å². The highest BCUT2D eigenvalue weighted by molar-refractivity contribution is 6.42. The molecule has 0 atom stereocenters. The highest BCUT2D eigenvalue weighted by atomic mass is 35.5. The molecule has 0 saturated carbocycles. The number of halogens is 2. The summed E-state index contributed by atoms with van der Waals surface area (Å²) in [6, 6.07) is 5.18. The molecule has 25 heavy (non-hydrogen) atoms. The molecule has 2 aromatic heterocycles. The van der Waals surface area contributed by atoms with Crippen LogP contribution in [0, 0.1) is 6.92 Å². The molecule has 0 spiro atoms. The number of aromatic nitrogens is 4. The Morgan fingerprint density at radius 1 is 1.32 bits per heavy atom. The van der Waals surface area contributed by atoms with E-state index >= 15 is 0 Å². The first-order valence-corrected chi connectivity index (χ1v) is 8.33. The molecule has 7 nitrogen and oxygen atoms in total. The Bertz CT molecular complexity index is 996. The minimum absolute atomic E-state index is 0.167. The zero-order valence-corrected chi connectivity index (χ0v) is 14.9. The van der Waals surface area contributed by atoms with Gasteiger partial charge in [0.25, 0.3) is 11.3 Å². The van der Waals surface area contributed by atoms with E-state index in [9.17, 15) is 9.59 Å². The quantitative estimate of drug-likeness (QED) is 0.711. The van der Waals surface area contributed by atoms with Gasteiger partial charge in [-0.3, -0.25) is 14.7 Å². The largest absolute Gasteiger partial charge is 0.352 e. The van der Waals surface area contributed by atoms with Crippen LogP contribution in [-0.2, 0) is 17.8 Å². The topological polar surface area (TPSA) is 92.2 Å². The Balaban J connectivity index is 1.62. The van der Waals surface area contributed by atoms with Crippen LogP contribution in [0.1, 0.15) is 23.2 Å². The molecule has 0 saturated heterocycles. The van der Waals surface area contributed by atoms with Gasteiger partial charge in [-0.15, -0.1) is 0 Å². The molecular weight excluding hydrogens is 365 g/mol. The standard InChI is InChI=1S/C16H15Cl2N5O2/c1-9-11(15(25)23-16(22-9)20-8-21-23)3-5-14(24)19-7-10-2-4-12(17)13(18)6-10/h2,4,6,8H,3,5,7H2,1H3,(H,19,24)(H,20,21,22). The second kappa shape index (κ2) is 7.25. The molecular formula is C16H15Cl2N5O2. The highest BCUT2D eigenvalue weighted by Gasteiger charge is 2.13. The van der Waals surface area contributed by atoms with E-state index in [1.807, 2.05) is 0 Å². The summed E-state index contributed by atoms with van der Waals surface area (Å²) in [5.41, 5.74) is 1.68. The van der Waals surface area contributed by atoms with Crippen molar-refractivity contribution in [2.75, 3.05) is 0 Å². The zero-order valence-electron chi connectivity index (χ0n) is 13.3. The van der Waals surface area contributed by atoms with E-state index in [1.54, 1.807) is 25.1 Å². The monoisotopic (exact) mass is 379 g/mol. The Morgan fingerprint density at radius 3 is 2.88 bits per heavy atom. The van der Waals surface area contributed by atoms with Crippen molar-refractivity contribution in [2.45, 2.75) is 26.3 Å². The van der Waals surface area contributed by atoms with E-state index in [4.69, 9.17) is 23.2 Å². The van der Waals surface area contributed by atoms with Gasteiger partial charge >= 0.3 is 0 Å². The van der Waals surface area contributed by atoms with Gasteiger partial charge in [-0.25, -0.2) is 9.97 Å². The molecule has 0 aliphatic carbocycles. The fourth-order valence-electron chi connectivity index (χ4n) is 2.46. The smallest absolute Gasteiger partial charge is 0.277 e. The molecule has 0 unspecified atom stereocenters. The predicted octanol–water partition coefficient (Wildman–Crippen LogP) is 2.28. The summed E-state index contributed by atoms with van der Waals surface area (Å²) in [5.74, 6) is 0.148. The van der Waals surface area contributed by atoms with Crippen molar-refractivity contribution in [3.05, 3.63) is 61.7 Å². The van der Waals surface area contributed by atoms with Gasteiger partial charge in [-0.05, 0) is 31.0 Å². The van der Waals surface area contributed by atoms with E-state index in [0.29, 0.717) is 40.0 Å². The molecule has 2 heterocycles. The third-order valence-electron chi connectivity index (χ3n) is 3.81. The van der Waals surface area contributed by atoms with Gasteiger partial charge in [-0.1, -0.05) is 29.3 Å². The first kappa shape index (κ1) is 17.4. The summed E-state index contributed by atoms with van der Waals surface area (Å²) in [4.78, 5) is 32.6.